The smallest absolute Gasteiger partial charge is 0.337 e. The average molecular weight is 219 g/mol. The second kappa shape index (κ2) is 3.73. The maximum atomic E-state index is 10.4. The zero-order chi connectivity index (χ0) is 10.9. The number of aromatic hydroxyl groups is 2. The molecule has 1 unspecified atom stereocenters. The highest BCUT2D eigenvalue weighted by atomic mass is 35.5. The minimum atomic E-state index is -1.96. The predicted octanol–water partition coefficient (Wildman–Crippen LogP) is 0.869. The summed E-state index contributed by atoms with van der Waals surface area (Å²) in [5, 5.41) is 35.8. The van der Waals surface area contributed by atoms with Gasteiger partial charge in [-0.3, -0.25) is 0 Å². The topological polar surface area (TPSA) is 98.0 Å². The molecule has 76 valence electrons. The summed E-state index contributed by atoms with van der Waals surface area (Å²) in [4.78, 5) is 10.4. The summed E-state index contributed by atoms with van der Waals surface area (Å²) in [6, 6.07) is 2.27. The van der Waals surface area contributed by atoms with Crippen molar-refractivity contribution in [3.8, 4) is 11.5 Å². The maximum absolute atomic E-state index is 10.4. The zero-order valence-electron chi connectivity index (χ0n) is 6.81. The van der Waals surface area contributed by atoms with Gasteiger partial charge in [-0.05, 0) is 12.1 Å². The molecule has 1 aromatic rings. The van der Waals surface area contributed by atoms with Crippen molar-refractivity contribution in [1.29, 1.82) is 0 Å². The molecule has 0 bridgehead atoms. The van der Waals surface area contributed by atoms with Crippen LogP contribution in [0.5, 0.6) is 11.5 Å². The number of carboxylic acids is 1. The van der Waals surface area contributed by atoms with Crippen LogP contribution in [0.4, 0.5) is 0 Å². The first-order valence-corrected chi connectivity index (χ1v) is 3.94. The number of phenols is 2. The largest absolute Gasteiger partial charge is 0.504 e. The Morgan fingerprint density at radius 2 is 1.93 bits per heavy atom. The number of aliphatic carboxylic acids is 1. The Balaban J connectivity index is 3.32. The molecule has 0 aliphatic heterocycles. The second-order valence-corrected chi connectivity index (χ2v) is 2.98. The third kappa shape index (κ3) is 1.73. The van der Waals surface area contributed by atoms with Crippen LogP contribution in [-0.2, 0) is 4.79 Å². The highest BCUT2D eigenvalue weighted by Gasteiger charge is 2.24. The Hall–Kier alpha value is -1.46. The first kappa shape index (κ1) is 10.6. The number of aliphatic hydroxyl groups is 1. The monoisotopic (exact) mass is 218 g/mol. The lowest BCUT2D eigenvalue weighted by atomic mass is 10.1. The summed E-state index contributed by atoms with van der Waals surface area (Å²) in [6.45, 7) is 0. The van der Waals surface area contributed by atoms with E-state index in [4.69, 9.17) is 26.9 Å². The van der Waals surface area contributed by atoms with Gasteiger partial charge >= 0.3 is 5.97 Å². The van der Waals surface area contributed by atoms with Crippen LogP contribution >= 0.6 is 11.6 Å². The van der Waals surface area contributed by atoms with E-state index >= 15 is 0 Å². The Bertz CT molecular complexity index is 376. The Kier molecular flexibility index (Phi) is 2.83. The molecule has 0 aliphatic rings. The highest BCUT2D eigenvalue weighted by molar-refractivity contribution is 6.31. The number of rotatable bonds is 2. The summed E-state index contributed by atoms with van der Waals surface area (Å²) in [5.41, 5.74) is -0.417. The molecule has 0 fully saturated rings. The van der Waals surface area contributed by atoms with Crippen molar-refractivity contribution in [2.24, 2.45) is 0 Å². The zero-order valence-corrected chi connectivity index (χ0v) is 7.56. The van der Waals surface area contributed by atoms with Crippen LogP contribution in [0.15, 0.2) is 12.1 Å². The number of hydrogen-bond acceptors (Lipinski definition) is 4. The van der Waals surface area contributed by atoms with Crippen LogP contribution in [0.2, 0.25) is 5.02 Å². The molecular formula is C8H7ClO5. The van der Waals surface area contributed by atoms with E-state index in [0.717, 1.165) is 6.07 Å². The van der Waals surface area contributed by atoms with E-state index in [0.29, 0.717) is 0 Å². The summed E-state index contributed by atoms with van der Waals surface area (Å²) < 4.78 is 0. The van der Waals surface area contributed by atoms with Gasteiger partial charge in [0.05, 0.1) is 10.6 Å². The molecule has 1 aromatic carbocycles. The summed E-state index contributed by atoms with van der Waals surface area (Å²) in [6.07, 6.45) is -1.96. The number of phenolic OH excluding ortho intramolecular Hbond substituents is 2. The van der Waals surface area contributed by atoms with Gasteiger partial charge in [-0.15, -0.1) is 0 Å². The molecule has 4 N–H and O–H groups in total. The Morgan fingerprint density at radius 3 is 2.43 bits per heavy atom. The van der Waals surface area contributed by atoms with Gasteiger partial charge in [0.25, 0.3) is 0 Å². The van der Waals surface area contributed by atoms with Crippen molar-refractivity contribution >= 4 is 17.6 Å². The number of halogens is 1. The van der Waals surface area contributed by atoms with Crippen LogP contribution in [0.1, 0.15) is 11.7 Å². The second-order valence-electron chi connectivity index (χ2n) is 2.57. The molecule has 0 aromatic heterocycles. The third-order valence-electron chi connectivity index (χ3n) is 1.65. The minimum absolute atomic E-state index is 0.129. The van der Waals surface area contributed by atoms with Gasteiger partial charge in [-0.1, -0.05) is 11.6 Å². The van der Waals surface area contributed by atoms with Gasteiger partial charge in [-0.25, -0.2) is 4.79 Å². The minimum Gasteiger partial charge on any atom is -0.504 e. The molecule has 0 saturated heterocycles. The quantitative estimate of drug-likeness (QED) is 0.552. The number of carboxylic acid groups (broad SMARTS) is 1. The van der Waals surface area contributed by atoms with Crippen molar-refractivity contribution in [3.05, 3.63) is 22.7 Å². The first-order valence-electron chi connectivity index (χ1n) is 3.56. The van der Waals surface area contributed by atoms with E-state index in [1.54, 1.807) is 0 Å². The number of carbonyl (C=O) groups is 1. The van der Waals surface area contributed by atoms with Gasteiger partial charge in [0.15, 0.2) is 17.6 Å². The molecule has 0 aliphatic carbocycles. The van der Waals surface area contributed by atoms with E-state index < -0.39 is 29.1 Å². The fourth-order valence-electron chi connectivity index (χ4n) is 0.955. The van der Waals surface area contributed by atoms with E-state index in [-0.39, 0.29) is 5.02 Å². The number of hydrogen-bond donors (Lipinski definition) is 4. The molecule has 14 heavy (non-hydrogen) atoms. The Morgan fingerprint density at radius 1 is 1.36 bits per heavy atom. The van der Waals surface area contributed by atoms with Crippen molar-refractivity contribution in [1.82, 2.24) is 0 Å². The predicted molar refractivity (Wildman–Crippen MR) is 47.4 cm³/mol. The SMILES string of the molecule is O=C(O)C(O)c1c(Cl)ccc(O)c1O. The van der Waals surface area contributed by atoms with Crippen molar-refractivity contribution in [2.45, 2.75) is 6.10 Å². The fraction of sp³-hybridized carbons (Fsp3) is 0.125. The van der Waals surface area contributed by atoms with Crippen LogP contribution in [0.3, 0.4) is 0 Å². The van der Waals surface area contributed by atoms with E-state index in [9.17, 15) is 9.90 Å². The molecule has 0 radical (unpaired) electrons. The van der Waals surface area contributed by atoms with Gasteiger partial charge in [-0.2, -0.15) is 0 Å². The van der Waals surface area contributed by atoms with Crippen LogP contribution in [0, 0.1) is 0 Å². The molecule has 0 amide bonds. The van der Waals surface area contributed by atoms with Gasteiger partial charge in [0, 0.05) is 0 Å². The normalized spacial score (nSPS) is 12.4. The van der Waals surface area contributed by atoms with Crippen molar-refractivity contribution in [2.75, 3.05) is 0 Å². The van der Waals surface area contributed by atoms with Gasteiger partial charge in [0.1, 0.15) is 0 Å². The van der Waals surface area contributed by atoms with Crippen LogP contribution in [0.25, 0.3) is 0 Å². The molecule has 0 heterocycles. The highest BCUT2D eigenvalue weighted by Crippen LogP contribution is 2.38. The molecule has 1 rings (SSSR count). The van der Waals surface area contributed by atoms with E-state index in [2.05, 4.69) is 0 Å². The molecule has 0 spiro atoms. The molecule has 6 heteroatoms. The maximum Gasteiger partial charge on any atom is 0.337 e. The van der Waals surface area contributed by atoms with Crippen LogP contribution in [-0.4, -0.2) is 26.4 Å². The number of benzene rings is 1. The average Bonchev–Trinajstić information content (AvgIpc) is 2.12. The summed E-state index contributed by atoms with van der Waals surface area (Å²) in [7, 11) is 0. The molecule has 0 saturated carbocycles. The standard InChI is InChI=1S/C8H7ClO5/c9-3-1-2-4(10)6(11)5(3)7(12)8(13)14/h1-2,7,10-12H,(H,13,14). The van der Waals surface area contributed by atoms with E-state index in [1.165, 1.54) is 6.07 Å². The van der Waals surface area contributed by atoms with Crippen molar-refractivity contribution in [3.63, 3.8) is 0 Å². The summed E-state index contributed by atoms with van der Waals surface area (Å²) >= 11 is 5.55. The van der Waals surface area contributed by atoms with Crippen molar-refractivity contribution < 1.29 is 25.2 Å². The molecule has 5 nitrogen and oxygen atoms in total. The lowest BCUT2D eigenvalue weighted by Gasteiger charge is -2.10. The molecular weight excluding hydrogens is 212 g/mol. The number of aliphatic hydroxyl groups excluding tert-OH is 1. The van der Waals surface area contributed by atoms with Crippen LogP contribution < -0.4 is 0 Å². The summed E-state index contributed by atoms with van der Waals surface area (Å²) in [5.74, 6) is -2.83. The third-order valence-corrected chi connectivity index (χ3v) is 1.98. The van der Waals surface area contributed by atoms with Gasteiger partial charge < -0.3 is 20.4 Å². The lowest BCUT2D eigenvalue weighted by Crippen LogP contribution is -2.11. The van der Waals surface area contributed by atoms with Gasteiger partial charge in [0.2, 0.25) is 0 Å². The first-order chi connectivity index (χ1) is 6.45. The fourth-order valence-corrected chi connectivity index (χ4v) is 1.21. The lowest BCUT2D eigenvalue weighted by molar-refractivity contribution is -0.147. The Labute approximate surface area is 83.8 Å². The molecule has 1 atom stereocenters. The van der Waals surface area contributed by atoms with E-state index in [1.807, 2.05) is 0 Å².